The van der Waals surface area contributed by atoms with Gasteiger partial charge in [-0.3, -0.25) is 9.89 Å². The lowest BCUT2D eigenvalue weighted by Gasteiger charge is -2.41. The van der Waals surface area contributed by atoms with Gasteiger partial charge in [-0.2, -0.15) is 0 Å². The number of hydrogen-bond acceptors (Lipinski definition) is 4. The van der Waals surface area contributed by atoms with Crippen LogP contribution in [0.4, 0.5) is 0 Å². The molecule has 156 valence electrons. The molecule has 2 N–H and O–H groups in total. The molecule has 28 heavy (non-hydrogen) atoms. The highest BCUT2D eigenvalue weighted by molar-refractivity contribution is 14.0. The fraction of sp³-hybridized carbons (Fsp3) is 0.600. The number of benzene rings is 1. The van der Waals surface area contributed by atoms with Gasteiger partial charge in [0, 0.05) is 45.3 Å². The number of nitrogens with one attached hydrogen (secondary N) is 2. The summed E-state index contributed by atoms with van der Waals surface area (Å²) in [4.78, 5) is 11.3. The number of para-hydroxylation sites is 2. The first-order valence-corrected chi connectivity index (χ1v) is 9.77. The molecule has 1 aromatic carbocycles. The highest BCUT2D eigenvalue weighted by Crippen LogP contribution is 2.15. The molecule has 1 aliphatic heterocycles. The maximum Gasteiger partial charge on any atom is 0.191 e. The number of fused-ring (bicyclic) bond motifs is 1. The molecule has 8 heteroatoms. The summed E-state index contributed by atoms with van der Waals surface area (Å²) >= 11 is 0. The Kier molecular flexibility index (Phi) is 8.97. The van der Waals surface area contributed by atoms with Crippen LogP contribution in [0.25, 0.3) is 11.0 Å². The van der Waals surface area contributed by atoms with E-state index in [2.05, 4.69) is 56.1 Å². The third-order valence-corrected chi connectivity index (χ3v) is 5.17. The van der Waals surface area contributed by atoms with E-state index in [1.165, 1.54) is 5.52 Å². The van der Waals surface area contributed by atoms with E-state index in [-0.39, 0.29) is 29.5 Å². The Morgan fingerprint density at radius 3 is 2.71 bits per heavy atom. The Labute approximate surface area is 185 Å². The van der Waals surface area contributed by atoms with Gasteiger partial charge < -0.3 is 19.9 Å². The minimum atomic E-state index is 0. The van der Waals surface area contributed by atoms with Gasteiger partial charge in [0.05, 0.1) is 30.6 Å². The number of rotatable bonds is 7. The normalized spacial score (nSPS) is 16.0. The minimum absolute atomic E-state index is 0. The highest BCUT2D eigenvalue weighted by atomic mass is 127. The number of morpholine rings is 1. The van der Waals surface area contributed by atoms with E-state index in [4.69, 9.17) is 4.74 Å². The predicted octanol–water partition coefficient (Wildman–Crippen LogP) is 2.32. The first-order chi connectivity index (χ1) is 13.1. The molecule has 0 bridgehead atoms. The van der Waals surface area contributed by atoms with Crippen LogP contribution in [0.2, 0.25) is 0 Å². The first-order valence-electron chi connectivity index (χ1n) is 9.77. The molecule has 0 aliphatic carbocycles. The Balaban J connectivity index is 0.00000280. The molecule has 3 rings (SSSR count). The molecule has 2 aromatic rings. The van der Waals surface area contributed by atoms with Crippen molar-refractivity contribution in [2.24, 2.45) is 4.99 Å². The molecule has 1 aliphatic rings. The number of guanidine groups is 1. The van der Waals surface area contributed by atoms with Crippen molar-refractivity contribution in [1.82, 2.24) is 25.1 Å². The van der Waals surface area contributed by atoms with E-state index >= 15 is 0 Å². The van der Waals surface area contributed by atoms with Gasteiger partial charge >= 0.3 is 0 Å². The number of hydrogen-bond donors (Lipinski definition) is 2. The number of aryl methyl sites for hydroxylation is 1. The fourth-order valence-electron chi connectivity index (χ4n) is 3.45. The Bertz CT molecular complexity index is 754. The molecule has 0 atom stereocenters. The average Bonchev–Trinajstić information content (AvgIpc) is 3.11. The van der Waals surface area contributed by atoms with Gasteiger partial charge in [-0.05, 0) is 32.4 Å². The molecule has 2 heterocycles. The third kappa shape index (κ3) is 6.05. The molecule has 0 spiro atoms. The van der Waals surface area contributed by atoms with Crippen LogP contribution in [0.5, 0.6) is 0 Å². The van der Waals surface area contributed by atoms with Crippen molar-refractivity contribution in [3.8, 4) is 0 Å². The summed E-state index contributed by atoms with van der Waals surface area (Å²) in [5, 5.41) is 6.88. The van der Waals surface area contributed by atoms with Gasteiger partial charge in [-0.25, -0.2) is 4.98 Å². The van der Waals surface area contributed by atoms with E-state index in [1.807, 2.05) is 25.5 Å². The van der Waals surface area contributed by atoms with Crippen LogP contribution in [0.3, 0.4) is 0 Å². The van der Waals surface area contributed by atoms with Crippen molar-refractivity contribution in [2.75, 3.05) is 46.4 Å². The molecular weight excluding hydrogens is 467 g/mol. The van der Waals surface area contributed by atoms with Gasteiger partial charge in [0.25, 0.3) is 0 Å². The molecule has 0 amide bonds. The number of imidazole rings is 1. The molecule has 1 aromatic heterocycles. The average molecular weight is 500 g/mol. The molecule has 1 fully saturated rings. The van der Waals surface area contributed by atoms with E-state index in [9.17, 15) is 0 Å². The van der Waals surface area contributed by atoms with E-state index < -0.39 is 0 Å². The molecule has 0 unspecified atom stereocenters. The number of aliphatic imine (C=N–C) groups is 1. The Hall–Kier alpha value is -1.39. The topological polar surface area (TPSA) is 66.7 Å². The lowest BCUT2D eigenvalue weighted by Crippen LogP contribution is -2.56. The summed E-state index contributed by atoms with van der Waals surface area (Å²) in [5.41, 5.74) is 2.30. The highest BCUT2D eigenvalue weighted by Gasteiger charge is 2.28. The zero-order valence-electron chi connectivity index (χ0n) is 17.1. The number of ether oxygens (including phenoxy) is 1. The third-order valence-electron chi connectivity index (χ3n) is 5.17. The SMILES string of the molecule is CN=C(NCCCn1cnc2ccccc21)NCC(C)(C)N1CCOCC1.I. The van der Waals surface area contributed by atoms with Crippen molar-refractivity contribution in [3.05, 3.63) is 30.6 Å². The van der Waals surface area contributed by atoms with Gasteiger partial charge in [0.2, 0.25) is 0 Å². The summed E-state index contributed by atoms with van der Waals surface area (Å²) in [5.74, 6) is 0.854. The van der Waals surface area contributed by atoms with E-state index in [1.54, 1.807) is 0 Å². The number of aromatic nitrogens is 2. The molecule has 7 nitrogen and oxygen atoms in total. The Morgan fingerprint density at radius 1 is 1.21 bits per heavy atom. The second kappa shape index (κ2) is 11.0. The van der Waals surface area contributed by atoms with Crippen molar-refractivity contribution >= 4 is 41.0 Å². The summed E-state index contributed by atoms with van der Waals surface area (Å²) in [6.45, 7) is 10.8. The predicted molar refractivity (Wildman–Crippen MR) is 126 cm³/mol. The number of nitrogens with zero attached hydrogens (tertiary/aromatic N) is 4. The maximum absolute atomic E-state index is 5.46. The van der Waals surface area contributed by atoms with Crippen molar-refractivity contribution in [3.63, 3.8) is 0 Å². The second-order valence-corrected chi connectivity index (χ2v) is 7.54. The summed E-state index contributed by atoms with van der Waals surface area (Å²) in [7, 11) is 1.82. The first kappa shape index (κ1) is 22.9. The van der Waals surface area contributed by atoms with Crippen LogP contribution in [0.1, 0.15) is 20.3 Å². The summed E-state index contributed by atoms with van der Waals surface area (Å²) < 4.78 is 7.66. The van der Waals surface area contributed by atoms with E-state index in [0.29, 0.717) is 0 Å². The van der Waals surface area contributed by atoms with Crippen LogP contribution in [-0.4, -0.2) is 72.4 Å². The fourth-order valence-corrected chi connectivity index (χ4v) is 3.45. The van der Waals surface area contributed by atoms with Crippen LogP contribution >= 0.6 is 24.0 Å². The van der Waals surface area contributed by atoms with Crippen LogP contribution in [-0.2, 0) is 11.3 Å². The van der Waals surface area contributed by atoms with Crippen molar-refractivity contribution in [2.45, 2.75) is 32.4 Å². The van der Waals surface area contributed by atoms with Crippen LogP contribution in [0.15, 0.2) is 35.6 Å². The molecule has 1 saturated heterocycles. The van der Waals surface area contributed by atoms with Gasteiger partial charge in [0.1, 0.15) is 0 Å². The van der Waals surface area contributed by atoms with Gasteiger partial charge in [0.15, 0.2) is 5.96 Å². The minimum Gasteiger partial charge on any atom is -0.379 e. The molecule has 0 radical (unpaired) electrons. The zero-order chi connectivity index (χ0) is 19.1. The van der Waals surface area contributed by atoms with E-state index in [0.717, 1.165) is 63.8 Å². The smallest absolute Gasteiger partial charge is 0.191 e. The monoisotopic (exact) mass is 500 g/mol. The molecule has 0 saturated carbocycles. The lowest BCUT2D eigenvalue weighted by molar-refractivity contribution is -0.00833. The van der Waals surface area contributed by atoms with Gasteiger partial charge in [-0.1, -0.05) is 12.1 Å². The van der Waals surface area contributed by atoms with Crippen molar-refractivity contribution in [1.29, 1.82) is 0 Å². The lowest BCUT2D eigenvalue weighted by atomic mass is 10.0. The van der Waals surface area contributed by atoms with Crippen LogP contribution in [0, 0.1) is 0 Å². The van der Waals surface area contributed by atoms with Crippen LogP contribution < -0.4 is 10.6 Å². The van der Waals surface area contributed by atoms with Crippen molar-refractivity contribution < 1.29 is 4.74 Å². The number of halogens is 1. The summed E-state index contributed by atoms with van der Waals surface area (Å²) in [6.07, 6.45) is 2.93. The quantitative estimate of drug-likeness (QED) is 0.265. The standard InChI is InChI=1S/C20H32N6O.HI/c1-20(2,26-11-13-27-14-12-26)15-23-19(21-3)22-9-6-10-25-16-24-17-7-4-5-8-18(17)25;/h4-5,7-8,16H,6,9-15H2,1-3H3,(H2,21,22,23);1H. The van der Waals surface area contributed by atoms with Gasteiger partial charge in [-0.15, -0.1) is 24.0 Å². The second-order valence-electron chi connectivity index (χ2n) is 7.54. The largest absolute Gasteiger partial charge is 0.379 e. The Morgan fingerprint density at radius 2 is 1.96 bits per heavy atom. The maximum atomic E-state index is 5.46. The molecular formula is C20H33IN6O. The zero-order valence-corrected chi connectivity index (χ0v) is 19.5. The summed E-state index contributed by atoms with van der Waals surface area (Å²) in [6, 6.07) is 8.24.